The third-order valence-corrected chi connectivity index (χ3v) is 2.52. The van der Waals surface area contributed by atoms with Crippen molar-refractivity contribution in [2.75, 3.05) is 19.7 Å². The third kappa shape index (κ3) is 4.02. The predicted octanol–water partition coefficient (Wildman–Crippen LogP) is 0.655. The number of rotatable bonds is 4. The van der Waals surface area contributed by atoms with E-state index in [1.165, 1.54) is 0 Å². The quantitative estimate of drug-likeness (QED) is 0.716. The maximum absolute atomic E-state index is 11.5. The van der Waals surface area contributed by atoms with E-state index in [-0.39, 0.29) is 12.0 Å². The van der Waals surface area contributed by atoms with E-state index in [9.17, 15) is 9.59 Å². The molecule has 0 spiro atoms. The van der Waals surface area contributed by atoms with Crippen molar-refractivity contribution in [3.63, 3.8) is 0 Å². The van der Waals surface area contributed by atoms with Crippen molar-refractivity contribution in [3.05, 3.63) is 12.2 Å². The van der Waals surface area contributed by atoms with Crippen LogP contribution in [0.3, 0.4) is 0 Å². The van der Waals surface area contributed by atoms with Crippen LogP contribution in [-0.4, -0.2) is 47.7 Å². The summed E-state index contributed by atoms with van der Waals surface area (Å²) in [6, 6.07) is 0. The second kappa shape index (κ2) is 6.27. The van der Waals surface area contributed by atoms with Crippen LogP contribution >= 0.6 is 0 Å². The molecule has 5 heteroatoms. The highest BCUT2D eigenvalue weighted by Gasteiger charge is 2.21. The average molecular weight is 227 g/mol. The monoisotopic (exact) mass is 227 g/mol. The van der Waals surface area contributed by atoms with E-state index in [4.69, 9.17) is 9.84 Å². The topological polar surface area (TPSA) is 66.8 Å². The predicted molar refractivity (Wildman–Crippen MR) is 58.0 cm³/mol. The molecule has 0 aromatic carbocycles. The standard InChI is InChI=1S/C11H17NO4/c1-2-16-9-5-7-12(8-6-9)10(13)3-4-11(14)15/h3-4,9H,2,5-8H2,1H3,(H,14,15)/b4-3+. The lowest BCUT2D eigenvalue weighted by atomic mass is 10.1. The Morgan fingerprint density at radius 3 is 2.50 bits per heavy atom. The van der Waals surface area contributed by atoms with E-state index in [1.54, 1.807) is 4.90 Å². The molecular weight excluding hydrogens is 210 g/mol. The highest BCUT2D eigenvalue weighted by Crippen LogP contribution is 2.13. The molecule has 1 saturated heterocycles. The zero-order valence-corrected chi connectivity index (χ0v) is 9.39. The van der Waals surface area contributed by atoms with Gasteiger partial charge in [-0.1, -0.05) is 0 Å². The summed E-state index contributed by atoms with van der Waals surface area (Å²) in [5.41, 5.74) is 0. The minimum atomic E-state index is -1.10. The van der Waals surface area contributed by atoms with Crippen LogP contribution < -0.4 is 0 Å². The lowest BCUT2D eigenvalue weighted by Gasteiger charge is -2.31. The van der Waals surface area contributed by atoms with Gasteiger partial charge < -0.3 is 14.7 Å². The Morgan fingerprint density at radius 2 is 2.00 bits per heavy atom. The minimum Gasteiger partial charge on any atom is -0.478 e. The molecular formula is C11H17NO4. The molecule has 1 fully saturated rings. The maximum Gasteiger partial charge on any atom is 0.328 e. The van der Waals surface area contributed by atoms with Crippen molar-refractivity contribution in [1.29, 1.82) is 0 Å². The molecule has 0 saturated carbocycles. The van der Waals surface area contributed by atoms with Crippen molar-refractivity contribution in [1.82, 2.24) is 4.90 Å². The van der Waals surface area contributed by atoms with Gasteiger partial charge in [-0.3, -0.25) is 4.79 Å². The number of carboxylic acids is 1. The number of carboxylic acid groups (broad SMARTS) is 1. The molecule has 16 heavy (non-hydrogen) atoms. The highest BCUT2D eigenvalue weighted by atomic mass is 16.5. The Balaban J connectivity index is 2.35. The molecule has 5 nitrogen and oxygen atoms in total. The fourth-order valence-electron chi connectivity index (χ4n) is 1.73. The Hall–Kier alpha value is -1.36. The number of hydrogen-bond acceptors (Lipinski definition) is 3. The molecule has 0 aromatic rings. The Bertz CT molecular complexity index is 280. The fourth-order valence-corrected chi connectivity index (χ4v) is 1.73. The van der Waals surface area contributed by atoms with E-state index in [0.29, 0.717) is 19.7 Å². The highest BCUT2D eigenvalue weighted by molar-refractivity contribution is 5.93. The summed E-state index contributed by atoms with van der Waals surface area (Å²) in [7, 11) is 0. The van der Waals surface area contributed by atoms with Crippen LogP contribution in [0, 0.1) is 0 Å². The number of likely N-dealkylation sites (tertiary alicyclic amines) is 1. The number of carbonyl (C=O) groups excluding carboxylic acids is 1. The SMILES string of the molecule is CCOC1CCN(C(=O)/C=C/C(=O)O)CC1. The number of hydrogen-bond donors (Lipinski definition) is 1. The van der Waals surface area contributed by atoms with Crippen LogP contribution in [0.4, 0.5) is 0 Å². The van der Waals surface area contributed by atoms with Crippen LogP contribution in [-0.2, 0) is 14.3 Å². The molecule has 0 bridgehead atoms. The van der Waals surface area contributed by atoms with Crippen LogP contribution in [0.2, 0.25) is 0 Å². The van der Waals surface area contributed by atoms with E-state index in [2.05, 4.69) is 0 Å². The molecule has 0 atom stereocenters. The molecule has 1 amide bonds. The van der Waals surface area contributed by atoms with Crippen LogP contribution in [0.25, 0.3) is 0 Å². The van der Waals surface area contributed by atoms with Crippen molar-refractivity contribution in [3.8, 4) is 0 Å². The van der Waals surface area contributed by atoms with Crippen molar-refractivity contribution in [2.45, 2.75) is 25.9 Å². The zero-order chi connectivity index (χ0) is 12.0. The van der Waals surface area contributed by atoms with Crippen molar-refractivity contribution >= 4 is 11.9 Å². The van der Waals surface area contributed by atoms with Gasteiger partial charge in [0.25, 0.3) is 0 Å². The Morgan fingerprint density at radius 1 is 1.38 bits per heavy atom. The van der Waals surface area contributed by atoms with Gasteiger partial charge in [-0.15, -0.1) is 0 Å². The molecule has 1 aliphatic heterocycles. The lowest BCUT2D eigenvalue weighted by molar-refractivity contribution is -0.133. The van der Waals surface area contributed by atoms with Gasteiger partial charge in [-0.25, -0.2) is 4.79 Å². The molecule has 1 N–H and O–H groups in total. The molecule has 0 unspecified atom stereocenters. The summed E-state index contributed by atoms with van der Waals surface area (Å²) in [5, 5.41) is 8.40. The zero-order valence-electron chi connectivity index (χ0n) is 9.39. The van der Waals surface area contributed by atoms with Crippen LogP contribution in [0.1, 0.15) is 19.8 Å². The molecule has 0 radical (unpaired) electrons. The number of aliphatic carboxylic acids is 1. The average Bonchev–Trinajstić information content (AvgIpc) is 2.27. The third-order valence-electron chi connectivity index (χ3n) is 2.52. The van der Waals surface area contributed by atoms with Crippen molar-refractivity contribution < 1.29 is 19.4 Å². The largest absolute Gasteiger partial charge is 0.478 e. The minimum absolute atomic E-state index is 0.234. The first-order chi connectivity index (χ1) is 7.63. The number of carbonyl (C=O) groups is 2. The normalized spacial score (nSPS) is 17.9. The summed E-state index contributed by atoms with van der Waals surface area (Å²) in [6.45, 7) is 3.91. The van der Waals surface area contributed by atoms with Crippen molar-refractivity contribution in [2.24, 2.45) is 0 Å². The summed E-state index contributed by atoms with van der Waals surface area (Å²) in [5.74, 6) is -1.34. The van der Waals surface area contributed by atoms with Gasteiger partial charge in [0.05, 0.1) is 6.10 Å². The van der Waals surface area contributed by atoms with Gasteiger partial charge in [-0.2, -0.15) is 0 Å². The second-order valence-corrected chi connectivity index (χ2v) is 3.65. The number of nitrogens with zero attached hydrogens (tertiary/aromatic N) is 1. The number of amides is 1. The second-order valence-electron chi connectivity index (χ2n) is 3.65. The summed E-state index contributed by atoms with van der Waals surface area (Å²) in [4.78, 5) is 23.4. The van der Waals surface area contributed by atoms with Gasteiger partial charge >= 0.3 is 5.97 Å². The molecule has 0 aliphatic carbocycles. The first-order valence-corrected chi connectivity index (χ1v) is 5.45. The Labute approximate surface area is 94.7 Å². The van der Waals surface area contributed by atoms with Gasteiger partial charge in [0, 0.05) is 31.8 Å². The summed E-state index contributed by atoms with van der Waals surface area (Å²) < 4.78 is 5.46. The fraction of sp³-hybridized carbons (Fsp3) is 0.636. The molecule has 1 aliphatic rings. The molecule has 1 rings (SSSR count). The lowest BCUT2D eigenvalue weighted by Crippen LogP contribution is -2.40. The summed E-state index contributed by atoms with van der Waals surface area (Å²) >= 11 is 0. The van der Waals surface area contributed by atoms with Gasteiger partial charge in [0.1, 0.15) is 0 Å². The van der Waals surface area contributed by atoms with E-state index < -0.39 is 5.97 Å². The number of piperidine rings is 1. The first kappa shape index (κ1) is 12.7. The molecule has 1 heterocycles. The molecule has 0 aromatic heterocycles. The van der Waals surface area contributed by atoms with Gasteiger partial charge in [0.15, 0.2) is 0 Å². The van der Waals surface area contributed by atoms with Crippen LogP contribution in [0.5, 0.6) is 0 Å². The van der Waals surface area contributed by atoms with E-state index in [0.717, 1.165) is 25.0 Å². The summed E-state index contributed by atoms with van der Waals surface area (Å²) in [6.07, 6.45) is 3.85. The van der Waals surface area contributed by atoms with E-state index in [1.807, 2.05) is 6.92 Å². The number of ether oxygens (including phenoxy) is 1. The van der Waals surface area contributed by atoms with Crippen LogP contribution in [0.15, 0.2) is 12.2 Å². The smallest absolute Gasteiger partial charge is 0.328 e. The van der Waals surface area contributed by atoms with E-state index >= 15 is 0 Å². The van der Waals surface area contributed by atoms with Gasteiger partial charge in [-0.05, 0) is 19.8 Å². The molecule has 90 valence electrons. The first-order valence-electron chi connectivity index (χ1n) is 5.45. The Kier molecular flexibility index (Phi) is 4.98. The van der Waals surface area contributed by atoms with Gasteiger partial charge in [0.2, 0.25) is 5.91 Å². The maximum atomic E-state index is 11.5.